The maximum atomic E-state index is 12.2. The van der Waals surface area contributed by atoms with Gasteiger partial charge in [0.1, 0.15) is 5.60 Å². The molecule has 1 fully saturated rings. The number of hydrogen-bond donors (Lipinski definition) is 2. The molecule has 0 spiro atoms. The molecule has 0 bridgehead atoms. The molecule has 0 aliphatic carbocycles. The summed E-state index contributed by atoms with van der Waals surface area (Å²) in [5, 5.41) is 21.2. The third-order valence-corrected chi connectivity index (χ3v) is 3.97. The van der Waals surface area contributed by atoms with Gasteiger partial charge in [0.2, 0.25) is 0 Å². The molecule has 0 unspecified atom stereocenters. The first-order chi connectivity index (χ1) is 7.98. The van der Waals surface area contributed by atoms with Crippen LogP contribution in [-0.4, -0.2) is 33.2 Å². The number of benzene rings is 1. The minimum absolute atomic E-state index is 0.192. The van der Waals surface area contributed by atoms with Crippen molar-refractivity contribution in [3.05, 3.63) is 35.4 Å². The fraction of sp³-hybridized carbons (Fsp3) is 0.462. The van der Waals surface area contributed by atoms with Crippen LogP contribution in [0.5, 0.6) is 0 Å². The summed E-state index contributed by atoms with van der Waals surface area (Å²) in [5.74, 6) is -0.192. The Morgan fingerprint density at radius 3 is 2.76 bits per heavy atom. The van der Waals surface area contributed by atoms with Crippen molar-refractivity contribution in [2.24, 2.45) is 0 Å². The molecule has 3 rings (SSSR count). The Bertz CT molecular complexity index is 497. The average Bonchev–Trinajstić information content (AvgIpc) is 2.53. The lowest BCUT2D eigenvalue weighted by Crippen LogP contribution is -2.62. The predicted molar refractivity (Wildman–Crippen MR) is 61.2 cm³/mol. The first kappa shape index (κ1) is 10.7. The lowest BCUT2D eigenvalue weighted by Gasteiger charge is -2.48. The maximum absolute atomic E-state index is 12.2. The third kappa shape index (κ3) is 1.12. The smallest absolute Gasteiger partial charge is 0.256 e. The molecule has 17 heavy (non-hydrogen) atoms. The van der Waals surface area contributed by atoms with Crippen LogP contribution in [0.2, 0.25) is 0 Å². The normalized spacial score (nSPS) is 35.7. The van der Waals surface area contributed by atoms with Gasteiger partial charge in [-0.3, -0.25) is 4.79 Å². The Morgan fingerprint density at radius 1 is 1.29 bits per heavy atom. The van der Waals surface area contributed by atoms with E-state index in [4.69, 9.17) is 0 Å². The summed E-state index contributed by atoms with van der Waals surface area (Å²) in [5.41, 5.74) is -1.85. The van der Waals surface area contributed by atoms with E-state index in [1.54, 1.807) is 31.2 Å². The van der Waals surface area contributed by atoms with Gasteiger partial charge < -0.3 is 15.1 Å². The number of rotatable bonds is 0. The van der Waals surface area contributed by atoms with Crippen LogP contribution in [0.1, 0.15) is 35.7 Å². The highest BCUT2D eigenvalue weighted by molar-refractivity contribution is 6.00. The topological polar surface area (TPSA) is 60.8 Å². The van der Waals surface area contributed by atoms with Crippen molar-refractivity contribution in [3.63, 3.8) is 0 Å². The van der Waals surface area contributed by atoms with E-state index in [1.807, 2.05) is 0 Å². The van der Waals surface area contributed by atoms with Crippen molar-refractivity contribution in [1.29, 1.82) is 0 Å². The zero-order valence-electron chi connectivity index (χ0n) is 9.68. The van der Waals surface area contributed by atoms with Crippen LogP contribution in [0.25, 0.3) is 0 Å². The fourth-order valence-electron chi connectivity index (χ4n) is 3.01. The molecule has 1 saturated heterocycles. The Kier molecular flexibility index (Phi) is 1.95. The van der Waals surface area contributed by atoms with Crippen molar-refractivity contribution < 1.29 is 15.0 Å². The monoisotopic (exact) mass is 233 g/mol. The number of amides is 1. The molecule has 0 aromatic heterocycles. The predicted octanol–water partition coefficient (Wildman–Crippen LogP) is 0.832. The largest absolute Gasteiger partial charge is 0.385 e. The third-order valence-electron chi connectivity index (χ3n) is 3.97. The van der Waals surface area contributed by atoms with E-state index in [0.717, 1.165) is 0 Å². The van der Waals surface area contributed by atoms with Crippen LogP contribution in [0, 0.1) is 0 Å². The molecule has 2 heterocycles. The van der Waals surface area contributed by atoms with Crippen LogP contribution in [0.15, 0.2) is 24.3 Å². The van der Waals surface area contributed by atoms with E-state index < -0.39 is 11.3 Å². The zero-order valence-corrected chi connectivity index (χ0v) is 9.68. The van der Waals surface area contributed by atoms with Crippen LogP contribution < -0.4 is 0 Å². The number of aliphatic hydroxyl groups is 2. The Labute approximate surface area is 99.5 Å². The highest BCUT2D eigenvalue weighted by atomic mass is 16.4. The maximum Gasteiger partial charge on any atom is 0.256 e. The Morgan fingerprint density at radius 2 is 2.00 bits per heavy atom. The first-order valence-electron chi connectivity index (χ1n) is 5.85. The molecular weight excluding hydrogens is 218 g/mol. The van der Waals surface area contributed by atoms with E-state index in [9.17, 15) is 15.0 Å². The Hall–Kier alpha value is -1.39. The molecule has 1 aromatic rings. The molecule has 90 valence electrons. The van der Waals surface area contributed by atoms with Gasteiger partial charge in [-0.25, -0.2) is 0 Å². The van der Waals surface area contributed by atoms with E-state index in [1.165, 1.54) is 4.90 Å². The number of hydrogen-bond acceptors (Lipinski definition) is 3. The number of carbonyl (C=O) groups is 1. The number of piperidine rings is 1. The first-order valence-corrected chi connectivity index (χ1v) is 5.85. The van der Waals surface area contributed by atoms with Crippen molar-refractivity contribution >= 4 is 5.91 Å². The molecule has 0 radical (unpaired) electrons. The van der Waals surface area contributed by atoms with Gasteiger partial charge in [0.05, 0.1) is 0 Å². The fourth-order valence-corrected chi connectivity index (χ4v) is 3.01. The van der Waals surface area contributed by atoms with Crippen molar-refractivity contribution in [1.82, 2.24) is 4.90 Å². The number of fused-ring (bicyclic) bond motifs is 3. The van der Waals surface area contributed by atoms with Crippen LogP contribution in [-0.2, 0) is 5.72 Å². The van der Waals surface area contributed by atoms with E-state index in [-0.39, 0.29) is 5.91 Å². The molecule has 2 N–H and O–H groups in total. The van der Waals surface area contributed by atoms with E-state index in [0.29, 0.717) is 30.5 Å². The zero-order chi connectivity index (χ0) is 12.3. The Balaban J connectivity index is 2.26. The number of nitrogens with zero attached hydrogens (tertiary/aromatic N) is 1. The minimum Gasteiger partial charge on any atom is -0.385 e. The van der Waals surface area contributed by atoms with Crippen molar-refractivity contribution in [3.8, 4) is 0 Å². The molecule has 4 heteroatoms. The lowest BCUT2D eigenvalue weighted by atomic mass is 9.80. The van der Waals surface area contributed by atoms with Gasteiger partial charge in [-0.05, 0) is 25.8 Å². The molecule has 4 nitrogen and oxygen atoms in total. The van der Waals surface area contributed by atoms with E-state index >= 15 is 0 Å². The van der Waals surface area contributed by atoms with Crippen LogP contribution >= 0.6 is 0 Å². The van der Waals surface area contributed by atoms with Gasteiger partial charge in [-0.2, -0.15) is 0 Å². The van der Waals surface area contributed by atoms with Crippen molar-refractivity contribution in [2.75, 3.05) is 6.54 Å². The summed E-state index contributed by atoms with van der Waals surface area (Å²) < 4.78 is 0. The van der Waals surface area contributed by atoms with Crippen LogP contribution in [0.4, 0.5) is 0 Å². The highest BCUT2D eigenvalue weighted by Gasteiger charge is 2.60. The average molecular weight is 233 g/mol. The molecule has 2 aliphatic heterocycles. The SMILES string of the molecule is C[C@]1(O)CCCN2C(=O)c3ccccc3[C@@]21O. The van der Waals surface area contributed by atoms with Gasteiger partial charge >= 0.3 is 0 Å². The lowest BCUT2D eigenvalue weighted by molar-refractivity contribution is -0.233. The summed E-state index contributed by atoms with van der Waals surface area (Å²) in [4.78, 5) is 13.6. The summed E-state index contributed by atoms with van der Waals surface area (Å²) >= 11 is 0. The summed E-state index contributed by atoms with van der Waals surface area (Å²) in [7, 11) is 0. The highest BCUT2D eigenvalue weighted by Crippen LogP contribution is 2.48. The molecular formula is C13H15NO3. The molecule has 0 saturated carbocycles. The second-order valence-electron chi connectivity index (χ2n) is 5.05. The summed E-state index contributed by atoms with van der Waals surface area (Å²) in [6.45, 7) is 2.08. The van der Waals surface area contributed by atoms with Gasteiger partial charge in [-0.1, -0.05) is 18.2 Å². The second-order valence-corrected chi connectivity index (χ2v) is 5.05. The van der Waals surface area contributed by atoms with Gasteiger partial charge in [0.25, 0.3) is 5.91 Å². The minimum atomic E-state index is -1.57. The summed E-state index contributed by atoms with van der Waals surface area (Å²) in [6, 6.07) is 6.96. The van der Waals surface area contributed by atoms with Crippen LogP contribution in [0.3, 0.4) is 0 Å². The molecule has 2 atom stereocenters. The van der Waals surface area contributed by atoms with E-state index in [2.05, 4.69) is 0 Å². The standard InChI is InChI=1S/C13H15NO3/c1-12(16)7-4-8-14-11(15)9-5-2-3-6-10(9)13(12,14)17/h2-3,5-6,16-17H,4,7-8H2,1H3/t12-,13-/m0/s1. The second kappa shape index (κ2) is 3.09. The van der Waals surface area contributed by atoms with Crippen molar-refractivity contribution in [2.45, 2.75) is 31.1 Å². The van der Waals surface area contributed by atoms with Gasteiger partial charge in [0, 0.05) is 17.7 Å². The molecule has 1 amide bonds. The number of carbonyl (C=O) groups excluding carboxylic acids is 1. The molecule has 1 aromatic carbocycles. The summed E-state index contributed by atoms with van der Waals surface area (Å²) in [6.07, 6.45) is 1.19. The van der Waals surface area contributed by atoms with Gasteiger partial charge in [-0.15, -0.1) is 0 Å². The van der Waals surface area contributed by atoms with Gasteiger partial charge in [0.15, 0.2) is 5.72 Å². The quantitative estimate of drug-likeness (QED) is 0.698. The molecule has 2 aliphatic rings.